The maximum atomic E-state index is 13.2. The van der Waals surface area contributed by atoms with Crippen molar-refractivity contribution in [2.45, 2.75) is 81.3 Å². The summed E-state index contributed by atoms with van der Waals surface area (Å²) in [7, 11) is 2.25. The summed E-state index contributed by atoms with van der Waals surface area (Å²) < 4.78 is 0. The van der Waals surface area contributed by atoms with Crippen molar-refractivity contribution in [2.24, 2.45) is 0 Å². The lowest BCUT2D eigenvalue weighted by molar-refractivity contribution is 0.150. The molecule has 1 aromatic rings. The van der Waals surface area contributed by atoms with Crippen LogP contribution in [-0.4, -0.2) is 42.6 Å². The molecule has 5 rings (SSSR count). The minimum absolute atomic E-state index is 0.133. The lowest BCUT2D eigenvalue weighted by atomic mass is 9.71. The number of nitrogens with one attached hydrogen (secondary N) is 1. The third-order valence-corrected chi connectivity index (χ3v) is 7.71. The summed E-state index contributed by atoms with van der Waals surface area (Å²) in [6, 6.07) is 10.4. The molecule has 1 spiro atoms. The second-order valence-electron chi connectivity index (χ2n) is 9.11. The number of hydrogen-bond acceptors (Lipinski definition) is 2. The maximum absolute atomic E-state index is 13.2. The van der Waals surface area contributed by atoms with Gasteiger partial charge < -0.3 is 10.2 Å². The maximum Gasteiger partial charge on any atom is 0.322 e. The molecule has 0 aromatic heterocycles. The molecule has 3 heterocycles. The molecule has 4 heteroatoms. The summed E-state index contributed by atoms with van der Waals surface area (Å²) in [5.74, 6) is 0. The lowest BCUT2D eigenvalue weighted by Gasteiger charge is -2.37. The molecule has 1 aliphatic carbocycles. The number of fused-ring (bicyclic) bond motifs is 4. The van der Waals surface area contributed by atoms with Crippen molar-refractivity contribution < 1.29 is 4.79 Å². The first-order chi connectivity index (χ1) is 12.7. The Labute approximate surface area is 156 Å². The number of urea groups is 1. The van der Waals surface area contributed by atoms with Gasteiger partial charge in [0.25, 0.3) is 0 Å². The van der Waals surface area contributed by atoms with Crippen molar-refractivity contribution in [1.29, 1.82) is 0 Å². The molecule has 4 aliphatic rings. The van der Waals surface area contributed by atoms with E-state index in [4.69, 9.17) is 0 Å². The minimum Gasteiger partial charge on any atom is -0.335 e. The van der Waals surface area contributed by atoms with Gasteiger partial charge in [0.2, 0.25) is 0 Å². The predicted molar refractivity (Wildman–Crippen MR) is 105 cm³/mol. The number of carbonyl (C=O) groups is 1. The van der Waals surface area contributed by atoms with E-state index in [1.807, 2.05) is 0 Å². The van der Waals surface area contributed by atoms with Crippen molar-refractivity contribution in [1.82, 2.24) is 10.2 Å². The molecule has 1 N–H and O–H groups in total. The molecule has 26 heavy (non-hydrogen) atoms. The molecule has 2 saturated heterocycles. The summed E-state index contributed by atoms with van der Waals surface area (Å²) in [6.45, 7) is 0.873. The van der Waals surface area contributed by atoms with Crippen LogP contribution in [0.2, 0.25) is 0 Å². The van der Waals surface area contributed by atoms with Gasteiger partial charge in [-0.3, -0.25) is 4.90 Å². The molecule has 1 aromatic carbocycles. The smallest absolute Gasteiger partial charge is 0.322 e. The number of carbonyl (C=O) groups excluding carboxylic acids is 1. The van der Waals surface area contributed by atoms with Gasteiger partial charge in [-0.25, -0.2) is 4.79 Å². The monoisotopic (exact) mass is 353 g/mol. The van der Waals surface area contributed by atoms with E-state index in [1.165, 1.54) is 50.5 Å². The molecule has 3 fully saturated rings. The number of benzene rings is 1. The highest BCUT2D eigenvalue weighted by Gasteiger charge is 2.46. The molecule has 3 atom stereocenters. The third kappa shape index (κ3) is 2.57. The topological polar surface area (TPSA) is 35.6 Å². The Kier molecular flexibility index (Phi) is 4.00. The summed E-state index contributed by atoms with van der Waals surface area (Å²) in [5, 5.41) is 3.41. The number of anilines is 1. The fourth-order valence-corrected chi connectivity index (χ4v) is 6.25. The van der Waals surface area contributed by atoms with Gasteiger partial charge in [-0.15, -0.1) is 0 Å². The normalized spacial score (nSPS) is 32.7. The van der Waals surface area contributed by atoms with E-state index in [9.17, 15) is 4.79 Å². The van der Waals surface area contributed by atoms with Crippen molar-refractivity contribution in [3.63, 3.8) is 0 Å². The van der Waals surface area contributed by atoms with Crippen LogP contribution in [0.25, 0.3) is 0 Å². The van der Waals surface area contributed by atoms with E-state index in [0.29, 0.717) is 18.1 Å². The SMILES string of the molecule is CN1[C@@H]2CC[C@H]1CC(NC(=O)N1CC3(CCCCC3)c3ccccc31)C2. The van der Waals surface area contributed by atoms with Crippen LogP contribution in [0.1, 0.15) is 63.4 Å². The fourth-order valence-electron chi connectivity index (χ4n) is 6.25. The second kappa shape index (κ2) is 6.26. The predicted octanol–water partition coefficient (Wildman–Crippen LogP) is 4.04. The third-order valence-electron chi connectivity index (χ3n) is 7.71. The van der Waals surface area contributed by atoms with Gasteiger partial charge in [0, 0.05) is 35.8 Å². The Morgan fingerprint density at radius 2 is 1.77 bits per heavy atom. The van der Waals surface area contributed by atoms with Crippen LogP contribution >= 0.6 is 0 Å². The highest BCUT2D eigenvalue weighted by atomic mass is 16.2. The van der Waals surface area contributed by atoms with Crippen molar-refractivity contribution in [2.75, 3.05) is 18.5 Å². The number of para-hydroxylation sites is 1. The van der Waals surface area contributed by atoms with E-state index in [0.717, 1.165) is 25.1 Å². The molecule has 4 nitrogen and oxygen atoms in total. The van der Waals surface area contributed by atoms with Crippen molar-refractivity contribution >= 4 is 11.7 Å². The lowest BCUT2D eigenvalue weighted by Crippen LogP contribution is -2.52. The summed E-state index contributed by atoms with van der Waals surface area (Å²) in [5.41, 5.74) is 2.78. The molecule has 3 aliphatic heterocycles. The van der Waals surface area contributed by atoms with Crippen LogP contribution in [0.5, 0.6) is 0 Å². The Hall–Kier alpha value is -1.55. The van der Waals surface area contributed by atoms with Gasteiger partial charge in [-0.1, -0.05) is 37.5 Å². The molecule has 140 valence electrons. The highest BCUT2D eigenvalue weighted by molar-refractivity contribution is 5.95. The molecule has 2 amide bonds. The number of rotatable bonds is 1. The van der Waals surface area contributed by atoms with E-state index in [2.05, 4.69) is 46.4 Å². The molecular weight excluding hydrogens is 322 g/mol. The Bertz CT molecular complexity index is 682. The summed E-state index contributed by atoms with van der Waals surface area (Å²) in [4.78, 5) is 17.8. The quantitative estimate of drug-likeness (QED) is 0.827. The standard InChI is InChI=1S/C22H31N3O/c1-24-17-9-10-18(24)14-16(13-17)23-21(26)25-15-22(11-5-2-6-12-22)19-7-3-4-8-20(19)25/h3-4,7-8,16-18H,2,5-6,9-15H2,1H3,(H,23,26)/t16?,17-,18+. The number of hydrogen-bond donors (Lipinski definition) is 1. The van der Waals surface area contributed by atoms with Crippen LogP contribution in [0.15, 0.2) is 24.3 Å². The Balaban J connectivity index is 1.34. The number of piperidine rings is 1. The van der Waals surface area contributed by atoms with Gasteiger partial charge in [0.1, 0.15) is 0 Å². The Morgan fingerprint density at radius 3 is 2.50 bits per heavy atom. The zero-order chi connectivity index (χ0) is 17.7. The average molecular weight is 354 g/mol. The largest absolute Gasteiger partial charge is 0.335 e. The summed E-state index contributed by atoms with van der Waals surface area (Å²) in [6.07, 6.45) is 11.2. The average Bonchev–Trinajstić information content (AvgIpc) is 3.06. The minimum atomic E-state index is 0.133. The molecule has 0 radical (unpaired) electrons. The van der Waals surface area contributed by atoms with Gasteiger partial charge in [-0.2, -0.15) is 0 Å². The van der Waals surface area contributed by atoms with E-state index >= 15 is 0 Å². The molecule has 1 unspecified atom stereocenters. The van der Waals surface area contributed by atoms with Crippen LogP contribution in [0.4, 0.5) is 10.5 Å². The first kappa shape index (κ1) is 16.6. The van der Waals surface area contributed by atoms with Crippen LogP contribution in [0, 0.1) is 0 Å². The zero-order valence-electron chi connectivity index (χ0n) is 15.9. The van der Waals surface area contributed by atoms with Gasteiger partial charge in [-0.05, 0) is 57.2 Å². The van der Waals surface area contributed by atoms with E-state index < -0.39 is 0 Å². The second-order valence-corrected chi connectivity index (χ2v) is 9.11. The highest BCUT2D eigenvalue weighted by Crippen LogP contribution is 2.49. The Morgan fingerprint density at radius 1 is 1.08 bits per heavy atom. The van der Waals surface area contributed by atoms with Crippen molar-refractivity contribution in [3.8, 4) is 0 Å². The first-order valence-corrected chi connectivity index (χ1v) is 10.6. The molecular formula is C22H31N3O. The fraction of sp³-hybridized carbons (Fsp3) is 0.682. The van der Waals surface area contributed by atoms with Crippen LogP contribution in [-0.2, 0) is 5.41 Å². The number of amides is 2. The van der Waals surface area contributed by atoms with Crippen LogP contribution in [0.3, 0.4) is 0 Å². The van der Waals surface area contributed by atoms with Crippen molar-refractivity contribution in [3.05, 3.63) is 29.8 Å². The first-order valence-electron chi connectivity index (χ1n) is 10.6. The van der Waals surface area contributed by atoms with Gasteiger partial charge in [0.15, 0.2) is 0 Å². The molecule has 1 saturated carbocycles. The van der Waals surface area contributed by atoms with Crippen LogP contribution < -0.4 is 10.2 Å². The number of nitrogens with zero attached hydrogens (tertiary/aromatic N) is 2. The zero-order valence-corrected chi connectivity index (χ0v) is 15.9. The van der Waals surface area contributed by atoms with Gasteiger partial charge >= 0.3 is 6.03 Å². The van der Waals surface area contributed by atoms with Gasteiger partial charge in [0.05, 0.1) is 0 Å². The van der Waals surface area contributed by atoms with E-state index in [-0.39, 0.29) is 11.4 Å². The van der Waals surface area contributed by atoms with E-state index in [1.54, 1.807) is 0 Å². The molecule has 2 bridgehead atoms. The summed E-state index contributed by atoms with van der Waals surface area (Å²) >= 11 is 0.